The molecule has 1 aliphatic rings. The molecule has 0 bridgehead atoms. The summed E-state index contributed by atoms with van der Waals surface area (Å²) in [6.45, 7) is 2.42. The summed E-state index contributed by atoms with van der Waals surface area (Å²) in [5, 5.41) is 2.86. The summed E-state index contributed by atoms with van der Waals surface area (Å²) in [6.07, 6.45) is 8.19. The molecule has 1 unspecified atom stereocenters. The van der Waals surface area contributed by atoms with Crippen molar-refractivity contribution < 1.29 is 9.53 Å². The first-order chi connectivity index (χ1) is 10.2. The van der Waals surface area contributed by atoms with Crippen molar-refractivity contribution in [2.75, 3.05) is 0 Å². The van der Waals surface area contributed by atoms with Gasteiger partial charge in [-0.1, -0.05) is 19.4 Å². The van der Waals surface area contributed by atoms with E-state index in [9.17, 15) is 4.79 Å². The van der Waals surface area contributed by atoms with E-state index in [4.69, 9.17) is 10.5 Å². The smallest absolute Gasteiger partial charge is 0.237 e. The molecule has 1 aliphatic carbocycles. The topological polar surface area (TPSA) is 77.2 Å². The third kappa shape index (κ3) is 5.46. The predicted octanol–water partition coefficient (Wildman–Crippen LogP) is 2.57. The Hall–Kier alpha value is -1.33. The van der Waals surface area contributed by atoms with Crippen LogP contribution in [0.15, 0.2) is 18.3 Å². The lowest BCUT2D eigenvalue weighted by Crippen LogP contribution is -2.40. The largest absolute Gasteiger partial charge is 0.474 e. The molecule has 0 radical (unpaired) electrons. The van der Waals surface area contributed by atoms with Crippen LogP contribution in [0.5, 0.6) is 5.88 Å². The monoisotopic (exact) mass is 327 g/mol. The predicted molar refractivity (Wildman–Crippen MR) is 89.1 cm³/mol. The molecule has 6 heteroatoms. The zero-order valence-electron chi connectivity index (χ0n) is 13.1. The lowest BCUT2D eigenvalue weighted by molar-refractivity contribution is -0.122. The minimum Gasteiger partial charge on any atom is -0.474 e. The summed E-state index contributed by atoms with van der Waals surface area (Å²) in [7, 11) is 0. The lowest BCUT2D eigenvalue weighted by Gasteiger charge is -2.16. The van der Waals surface area contributed by atoms with Gasteiger partial charge in [-0.2, -0.15) is 0 Å². The van der Waals surface area contributed by atoms with Crippen LogP contribution in [-0.2, 0) is 11.3 Å². The number of halogens is 1. The molecule has 0 saturated heterocycles. The lowest BCUT2D eigenvalue weighted by atomic mass is 10.1. The van der Waals surface area contributed by atoms with E-state index in [0.29, 0.717) is 18.8 Å². The minimum atomic E-state index is -0.439. The van der Waals surface area contributed by atoms with Crippen LogP contribution in [0.4, 0.5) is 0 Å². The van der Waals surface area contributed by atoms with Crippen LogP contribution in [0.2, 0.25) is 0 Å². The summed E-state index contributed by atoms with van der Waals surface area (Å²) >= 11 is 0. The molecule has 3 N–H and O–H groups in total. The zero-order chi connectivity index (χ0) is 15.1. The van der Waals surface area contributed by atoms with Crippen molar-refractivity contribution in [3.8, 4) is 5.88 Å². The van der Waals surface area contributed by atoms with Gasteiger partial charge in [0, 0.05) is 18.3 Å². The SMILES string of the molecule is CCCC(N)C(=O)NCc1cccnc1OC1CCCC1.Cl. The van der Waals surface area contributed by atoms with Crippen LogP contribution in [-0.4, -0.2) is 23.0 Å². The van der Waals surface area contributed by atoms with Gasteiger partial charge in [0.05, 0.1) is 6.04 Å². The molecule has 1 saturated carbocycles. The van der Waals surface area contributed by atoms with E-state index in [1.54, 1.807) is 6.20 Å². The van der Waals surface area contributed by atoms with Gasteiger partial charge in [-0.15, -0.1) is 12.4 Å². The van der Waals surface area contributed by atoms with Gasteiger partial charge >= 0.3 is 0 Å². The summed E-state index contributed by atoms with van der Waals surface area (Å²) in [4.78, 5) is 16.2. The molecule has 22 heavy (non-hydrogen) atoms. The van der Waals surface area contributed by atoms with Crippen LogP contribution in [0.1, 0.15) is 51.0 Å². The molecule has 2 rings (SSSR count). The molecule has 1 amide bonds. The van der Waals surface area contributed by atoms with Crippen molar-refractivity contribution in [3.63, 3.8) is 0 Å². The summed E-state index contributed by atoms with van der Waals surface area (Å²) in [5.41, 5.74) is 6.71. The molecule has 1 atom stereocenters. The Balaban J connectivity index is 0.00000242. The third-order valence-corrected chi connectivity index (χ3v) is 3.82. The number of ether oxygens (including phenoxy) is 1. The highest BCUT2D eigenvalue weighted by Crippen LogP contribution is 2.24. The first-order valence-electron chi connectivity index (χ1n) is 7.84. The number of rotatable bonds is 7. The normalized spacial score (nSPS) is 15.9. The fraction of sp³-hybridized carbons (Fsp3) is 0.625. The Morgan fingerprint density at radius 3 is 2.91 bits per heavy atom. The minimum absolute atomic E-state index is 0. The molecule has 1 fully saturated rings. The van der Waals surface area contributed by atoms with Crippen molar-refractivity contribution in [2.45, 2.75) is 64.1 Å². The molecule has 0 aromatic carbocycles. The Kier molecular flexibility index (Phi) is 8.20. The van der Waals surface area contributed by atoms with Gasteiger partial charge in [0.2, 0.25) is 11.8 Å². The highest BCUT2D eigenvalue weighted by Gasteiger charge is 2.19. The molecule has 1 aromatic rings. The second-order valence-corrected chi connectivity index (χ2v) is 5.60. The van der Waals surface area contributed by atoms with Crippen LogP contribution < -0.4 is 15.8 Å². The van der Waals surface area contributed by atoms with Gasteiger partial charge < -0.3 is 15.8 Å². The maximum Gasteiger partial charge on any atom is 0.237 e. The van der Waals surface area contributed by atoms with Gasteiger partial charge in [-0.05, 0) is 38.2 Å². The Morgan fingerprint density at radius 2 is 2.23 bits per heavy atom. The molecule has 1 aromatic heterocycles. The van der Waals surface area contributed by atoms with E-state index >= 15 is 0 Å². The molecule has 1 heterocycles. The fourth-order valence-corrected chi connectivity index (χ4v) is 2.58. The van der Waals surface area contributed by atoms with Gasteiger partial charge in [0.25, 0.3) is 0 Å². The number of carbonyl (C=O) groups is 1. The number of carbonyl (C=O) groups excluding carboxylic acids is 1. The average molecular weight is 328 g/mol. The Morgan fingerprint density at radius 1 is 1.50 bits per heavy atom. The van der Waals surface area contributed by atoms with Crippen molar-refractivity contribution in [3.05, 3.63) is 23.9 Å². The molecule has 124 valence electrons. The summed E-state index contributed by atoms with van der Waals surface area (Å²) < 4.78 is 5.95. The third-order valence-electron chi connectivity index (χ3n) is 3.82. The maximum atomic E-state index is 11.9. The second-order valence-electron chi connectivity index (χ2n) is 5.60. The number of amides is 1. The van der Waals surface area contributed by atoms with Crippen LogP contribution in [0, 0.1) is 0 Å². The van der Waals surface area contributed by atoms with Gasteiger partial charge in [-0.3, -0.25) is 4.79 Å². The Labute approximate surface area is 138 Å². The number of nitrogens with zero attached hydrogens (tertiary/aromatic N) is 1. The van der Waals surface area contributed by atoms with E-state index in [1.165, 1.54) is 12.8 Å². The van der Waals surface area contributed by atoms with Crippen molar-refractivity contribution in [1.29, 1.82) is 0 Å². The Bertz CT molecular complexity index is 464. The zero-order valence-corrected chi connectivity index (χ0v) is 13.9. The number of hydrogen-bond donors (Lipinski definition) is 2. The average Bonchev–Trinajstić information content (AvgIpc) is 2.99. The first kappa shape index (κ1) is 18.7. The van der Waals surface area contributed by atoms with Crippen LogP contribution >= 0.6 is 12.4 Å². The highest BCUT2D eigenvalue weighted by atomic mass is 35.5. The fourth-order valence-electron chi connectivity index (χ4n) is 2.58. The van der Waals surface area contributed by atoms with Crippen LogP contribution in [0.25, 0.3) is 0 Å². The van der Waals surface area contributed by atoms with Gasteiger partial charge in [-0.25, -0.2) is 4.98 Å². The van der Waals surface area contributed by atoms with Crippen LogP contribution in [0.3, 0.4) is 0 Å². The second kappa shape index (κ2) is 9.64. The number of aromatic nitrogens is 1. The first-order valence-corrected chi connectivity index (χ1v) is 7.84. The standard InChI is InChI=1S/C16H25N3O2.ClH/c1-2-6-14(17)15(20)19-11-12-7-5-10-18-16(12)21-13-8-3-4-9-13;/h5,7,10,13-14H,2-4,6,8-9,11,17H2,1H3,(H,19,20);1H. The van der Waals surface area contributed by atoms with E-state index in [-0.39, 0.29) is 24.4 Å². The van der Waals surface area contributed by atoms with Crippen molar-refractivity contribution >= 4 is 18.3 Å². The number of nitrogens with one attached hydrogen (secondary N) is 1. The van der Waals surface area contributed by atoms with Crippen molar-refractivity contribution in [1.82, 2.24) is 10.3 Å². The van der Waals surface area contributed by atoms with Gasteiger partial charge in [0.1, 0.15) is 6.10 Å². The quantitative estimate of drug-likeness (QED) is 0.807. The summed E-state index contributed by atoms with van der Waals surface area (Å²) in [6, 6.07) is 3.35. The maximum absolute atomic E-state index is 11.9. The molecule has 0 spiro atoms. The van der Waals surface area contributed by atoms with Crippen molar-refractivity contribution in [2.24, 2.45) is 5.73 Å². The number of pyridine rings is 1. The van der Waals surface area contributed by atoms with E-state index in [0.717, 1.165) is 24.8 Å². The van der Waals surface area contributed by atoms with E-state index in [1.807, 2.05) is 19.1 Å². The molecule has 0 aliphatic heterocycles. The summed E-state index contributed by atoms with van der Waals surface area (Å²) in [5.74, 6) is 0.515. The molecular formula is C16H26ClN3O2. The molecule has 5 nitrogen and oxygen atoms in total. The van der Waals surface area contributed by atoms with E-state index < -0.39 is 6.04 Å². The molecular weight excluding hydrogens is 302 g/mol. The number of nitrogens with two attached hydrogens (primary N) is 1. The highest BCUT2D eigenvalue weighted by molar-refractivity contribution is 5.85. The number of hydrogen-bond acceptors (Lipinski definition) is 4. The van der Waals surface area contributed by atoms with E-state index in [2.05, 4.69) is 10.3 Å². The van der Waals surface area contributed by atoms with Gasteiger partial charge in [0.15, 0.2) is 0 Å².